The summed E-state index contributed by atoms with van der Waals surface area (Å²) in [6.45, 7) is 2.37. The summed E-state index contributed by atoms with van der Waals surface area (Å²) < 4.78 is 16.1. The first-order valence-electron chi connectivity index (χ1n) is 12.6. The molecule has 0 bridgehead atoms. The molecule has 200 valence electrons. The van der Waals surface area contributed by atoms with E-state index in [4.69, 9.17) is 13.9 Å². The highest BCUT2D eigenvalue weighted by Gasteiger charge is 2.25. The highest BCUT2D eigenvalue weighted by atomic mass is 16.6. The number of carbonyl (C=O) groups excluding carboxylic acids is 2. The lowest BCUT2D eigenvalue weighted by atomic mass is 9.90. The minimum absolute atomic E-state index is 0.0884. The van der Waals surface area contributed by atoms with Crippen molar-refractivity contribution in [3.63, 3.8) is 0 Å². The van der Waals surface area contributed by atoms with Crippen LogP contribution in [0, 0.1) is 5.92 Å². The van der Waals surface area contributed by atoms with Crippen LogP contribution < -0.4 is 14.9 Å². The van der Waals surface area contributed by atoms with Crippen molar-refractivity contribution >= 4 is 23.0 Å². The van der Waals surface area contributed by atoms with Crippen LogP contribution in [0.15, 0.2) is 75.9 Å². The maximum absolute atomic E-state index is 12.7. The number of likely N-dealkylation sites (tertiary alicyclic amines) is 1. The summed E-state index contributed by atoms with van der Waals surface area (Å²) in [5.41, 5.74) is 1.14. The maximum atomic E-state index is 12.7. The van der Waals surface area contributed by atoms with Crippen LogP contribution in [-0.4, -0.2) is 40.3 Å². The molecule has 9 nitrogen and oxygen atoms in total. The molecule has 1 saturated heterocycles. The van der Waals surface area contributed by atoms with Crippen LogP contribution in [0.25, 0.3) is 22.3 Å². The Bertz CT molecular complexity index is 1570. The van der Waals surface area contributed by atoms with Crippen molar-refractivity contribution in [1.82, 2.24) is 4.90 Å². The number of hydrogen-bond acceptors (Lipinski definition) is 8. The molecule has 5 rings (SSSR count). The minimum Gasteiger partial charge on any atom is -0.504 e. The van der Waals surface area contributed by atoms with E-state index in [0.29, 0.717) is 30.3 Å². The van der Waals surface area contributed by atoms with E-state index in [2.05, 4.69) is 12.1 Å². The van der Waals surface area contributed by atoms with Crippen LogP contribution in [0.4, 0.5) is 4.79 Å². The van der Waals surface area contributed by atoms with Crippen molar-refractivity contribution in [2.75, 3.05) is 13.1 Å². The van der Waals surface area contributed by atoms with E-state index in [1.54, 1.807) is 29.2 Å². The van der Waals surface area contributed by atoms with Gasteiger partial charge < -0.3 is 29.0 Å². The summed E-state index contributed by atoms with van der Waals surface area (Å²) in [6.07, 6.45) is 2.42. The molecule has 2 N–H and O–H groups in total. The van der Waals surface area contributed by atoms with E-state index in [9.17, 15) is 24.6 Å². The fraction of sp³-hybridized carbons (Fsp3) is 0.233. The second-order valence-electron chi connectivity index (χ2n) is 9.53. The molecule has 0 radical (unpaired) electrons. The SMILES string of the molecule is CC(=O)Oc1c(O)cc2oc(-c3ccc(OC(=O)N4CCC(Cc5ccccc5)CC4)cc3)cc(=O)c2c1O. The van der Waals surface area contributed by atoms with Gasteiger partial charge in [-0.3, -0.25) is 9.59 Å². The van der Waals surface area contributed by atoms with Crippen molar-refractivity contribution in [1.29, 1.82) is 0 Å². The number of phenolic OH excluding ortho intramolecular Hbond substituents is 2. The second kappa shape index (κ2) is 10.9. The van der Waals surface area contributed by atoms with Crippen LogP contribution in [0.3, 0.4) is 0 Å². The lowest BCUT2D eigenvalue weighted by molar-refractivity contribution is -0.132. The second-order valence-corrected chi connectivity index (χ2v) is 9.53. The Morgan fingerprint density at radius 2 is 1.67 bits per heavy atom. The highest BCUT2D eigenvalue weighted by Crippen LogP contribution is 2.41. The van der Waals surface area contributed by atoms with Gasteiger partial charge in [-0.1, -0.05) is 30.3 Å². The molecule has 2 heterocycles. The third kappa shape index (κ3) is 5.72. The molecule has 1 fully saturated rings. The summed E-state index contributed by atoms with van der Waals surface area (Å²) in [5.74, 6) is -1.47. The van der Waals surface area contributed by atoms with Gasteiger partial charge in [0.1, 0.15) is 22.5 Å². The molecule has 39 heavy (non-hydrogen) atoms. The Kier molecular flexibility index (Phi) is 7.23. The monoisotopic (exact) mass is 529 g/mol. The Balaban J connectivity index is 1.25. The van der Waals surface area contributed by atoms with Crippen LogP contribution in [0.1, 0.15) is 25.3 Å². The number of ether oxygens (including phenoxy) is 2. The van der Waals surface area contributed by atoms with Crippen LogP contribution in [0.2, 0.25) is 0 Å². The summed E-state index contributed by atoms with van der Waals surface area (Å²) in [4.78, 5) is 38.4. The van der Waals surface area contributed by atoms with E-state index in [1.165, 1.54) is 11.6 Å². The topological polar surface area (TPSA) is 127 Å². The molecule has 3 aromatic carbocycles. The number of amides is 1. The largest absolute Gasteiger partial charge is 0.504 e. The van der Waals surface area contributed by atoms with E-state index in [-0.39, 0.29) is 16.7 Å². The normalized spacial score (nSPS) is 13.8. The molecule has 9 heteroatoms. The van der Waals surface area contributed by atoms with Crippen molar-refractivity contribution in [3.05, 3.63) is 82.5 Å². The Hall–Kier alpha value is -4.79. The number of piperidine rings is 1. The average Bonchev–Trinajstić information content (AvgIpc) is 2.92. The molecule has 0 atom stereocenters. The molecule has 0 saturated carbocycles. The first-order valence-corrected chi connectivity index (χ1v) is 12.6. The summed E-state index contributed by atoms with van der Waals surface area (Å²) in [5, 5.41) is 20.3. The smallest absolute Gasteiger partial charge is 0.415 e. The molecule has 1 aromatic heterocycles. The van der Waals surface area contributed by atoms with Gasteiger partial charge in [0.15, 0.2) is 16.9 Å². The lowest BCUT2D eigenvalue weighted by Gasteiger charge is -2.31. The molecular weight excluding hydrogens is 502 g/mol. The third-order valence-corrected chi connectivity index (χ3v) is 6.76. The van der Waals surface area contributed by atoms with Gasteiger partial charge in [-0.2, -0.15) is 0 Å². The predicted molar refractivity (Wildman–Crippen MR) is 143 cm³/mol. The summed E-state index contributed by atoms with van der Waals surface area (Å²) in [6, 6.07) is 19.1. The van der Waals surface area contributed by atoms with Gasteiger partial charge in [0.2, 0.25) is 5.75 Å². The van der Waals surface area contributed by atoms with Crippen LogP contribution >= 0.6 is 0 Å². The van der Waals surface area contributed by atoms with E-state index < -0.39 is 34.7 Å². The Labute approximate surface area is 223 Å². The zero-order chi connectivity index (χ0) is 27.5. The lowest BCUT2D eigenvalue weighted by Crippen LogP contribution is -2.40. The zero-order valence-electron chi connectivity index (χ0n) is 21.3. The molecule has 4 aromatic rings. The number of benzene rings is 3. The van der Waals surface area contributed by atoms with Crippen LogP contribution in [0.5, 0.6) is 23.0 Å². The molecule has 0 aliphatic carbocycles. The van der Waals surface area contributed by atoms with Crippen LogP contribution in [-0.2, 0) is 11.2 Å². The molecule has 1 amide bonds. The quantitative estimate of drug-likeness (QED) is 0.265. The van der Waals surface area contributed by atoms with Gasteiger partial charge in [0, 0.05) is 37.7 Å². The van der Waals surface area contributed by atoms with Crippen molar-refractivity contribution in [2.45, 2.75) is 26.2 Å². The molecule has 0 unspecified atom stereocenters. The van der Waals surface area contributed by atoms with Gasteiger partial charge in [0.05, 0.1) is 0 Å². The van der Waals surface area contributed by atoms with Crippen molar-refractivity contribution in [2.24, 2.45) is 5.92 Å². The summed E-state index contributed by atoms with van der Waals surface area (Å²) >= 11 is 0. The fourth-order valence-electron chi connectivity index (χ4n) is 4.78. The van der Waals surface area contributed by atoms with Crippen molar-refractivity contribution in [3.8, 4) is 34.3 Å². The van der Waals surface area contributed by atoms with Gasteiger partial charge >= 0.3 is 12.1 Å². The Morgan fingerprint density at radius 1 is 0.974 bits per heavy atom. The first kappa shape index (κ1) is 25.8. The number of aromatic hydroxyl groups is 2. The van der Waals surface area contributed by atoms with Gasteiger partial charge in [-0.25, -0.2) is 4.79 Å². The fourth-order valence-corrected chi connectivity index (χ4v) is 4.78. The Morgan fingerprint density at radius 3 is 2.33 bits per heavy atom. The van der Waals surface area contributed by atoms with E-state index in [0.717, 1.165) is 32.3 Å². The molecule has 1 aliphatic rings. The molecule has 1 aliphatic heterocycles. The number of nitrogens with zero attached hydrogens (tertiary/aromatic N) is 1. The van der Waals surface area contributed by atoms with Gasteiger partial charge in [-0.15, -0.1) is 0 Å². The number of carbonyl (C=O) groups is 2. The molecule has 0 spiro atoms. The average molecular weight is 530 g/mol. The van der Waals surface area contributed by atoms with Gasteiger partial charge in [0.25, 0.3) is 0 Å². The number of esters is 1. The van der Waals surface area contributed by atoms with E-state index >= 15 is 0 Å². The maximum Gasteiger partial charge on any atom is 0.415 e. The number of rotatable bonds is 5. The van der Waals surface area contributed by atoms with Crippen molar-refractivity contribution < 1.29 is 33.7 Å². The minimum atomic E-state index is -0.769. The number of hydrogen-bond donors (Lipinski definition) is 2. The molecular formula is C30H27NO8. The zero-order valence-corrected chi connectivity index (χ0v) is 21.3. The van der Waals surface area contributed by atoms with Gasteiger partial charge in [-0.05, 0) is 55.0 Å². The highest BCUT2D eigenvalue weighted by molar-refractivity contribution is 5.90. The third-order valence-electron chi connectivity index (χ3n) is 6.76. The van der Waals surface area contributed by atoms with E-state index in [1.807, 2.05) is 18.2 Å². The first-order chi connectivity index (χ1) is 18.8. The number of fused-ring (bicyclic) bond motifs is 1. The predicted octanol–water partition coefficient (Wildman–Crippen LogP) is 5.25. The summed E-state index contributed by atoms with van der Waals surface area (Å²) in [7, 11) is 0. The number of phenols is 2. The standard InChI is InChI=1S/C30H27NO8/c1-18(32)37-29-24(34)17-26-27(28(29)35)23(33)16-25(39-26)21-7-9-22(10-8-21)38-30(36)31-13-11-20(12-14-31)15-19-5-3-2-4-6-19/h2-10,16-17,20,34-35H,11-15H2,1H3.